The van der Waals surface area contributed by atoms with Crippen LogP contribution >= 0.6 is 23.1 Å². The van der Waals surface area contributed by atoms with Crippen molar-refractivity contribution in [3.05, 3.63) is 45.8 Å². The molecular weight excluding hydrogens is 390 g/mol. The van der Waals surface area contributed by atoms with E-state index in [1.54, 1.807) is 18.7 Å². The van der Waals surface area contributed by atoms with Crippen LogP contribution in [0.15, 0.2) is 29.2 Å². The Morgan fingerprint density at radius 3 is 2.64 bits per heavy atom. The summed E-state index contributed by atoms with van der Waals surface area (Å²) in [6.07, 6.45) is 2.86. The molecule has 0 radical (unpaired) electrons. The number of nitrogens with one attached hydrogen (secondary N) is 1. The molecule has 1 heterocycles. The van der Waals surface area contributed by atoms with Gasteiger partial charge in [-0.05, 0) is 61.9 Å². The smallest absolute Gasteiger partial charge is 0.341 e. The van der Waals surface area contributed by atoms with E-state index in [-0.39, 0.29) is 11.9 Å². The molecule has 1 amide bonds. The summed E-state index contributed by atoms with van der Waals surface area (Å²) >= 11 is 3.28. The van der Waals surface area contributed by atoms with Crippen LogP contribution < -0.4 is 5.32 Å². The summed E-state index contributed by atoms with van der Waals surface area (Å²) in [4.78, 5) is 27.7. The lowest BCUT2D eigenvalue weighted by Gasteiger charge is -2.18. The summed E-state index contributed by atoms with van der Waals surface area (Å²) in [6, 6.07) is 7.60. The van der Waals surface area contributed by atoms with Crippen molar-refractivity contribution in [3.63, 3.8) is 0 Å². The number of carbonyl (C=O) groups is 2. The lowest BCUT2D eigenvalue weighted by atomic mass is 9.88. The highest BCUT2D eigenvalue weighted by molar-refractivity contribution is 7.99. The molecule has 0 aliphatic heterocycles. The van der Waals surface area contributed by atoms with Crippen LogP contribution in [0.4, 0.5) is 5.00 Å². The van der Waals surface area contributed by atoms with Crippen LogP contribution in [0.2, 0.25) is 0 Å². The van der Waals surface area contributed by atoms with Crippen molar-refractivity contribution in [1.29, 1.82) is 0 Å². The monoisotopic (exact) mass is 417 g/mol. The molecule has 3 rings (SSSR count). The lowest BCUT2D eigenvalue weighted by Crippen LogP contribution is -2.16. The molecule has 0 spiro atoms. The Morgan fingerprint density at radius 1 is 1.29 bits per heavy atom. The highest BCUT2D eigenvalue weighted by Gasteiger charge is 2.29. The van der Waals surface area contributed by atoms with Crippen LogP contribution in [0.25, 0.3) is 0 Å². The zero-order valence-corrected chi connectivity index (χ0v) is 18.5. The number of benzene rings is 1. The van der Waals surface area contributed by atoms with E-state index in [1.165, 1.54) is 16.2 Å². The molecule has 1 N–H and O–H groups in total. The molecule has 1 aromatic heterocycles. The maximum absolute atomic E-state index is 12.8. The Balaban J connectivity index is 1.84. The molecule has 0 fully saturated rings. The van der Waals surface area contributed by atoms with Gasteiger partial charge in [0.15, 0.2) is 0 Å². The van der Waals surface area contributed by atoms with Gasteiger partial charge in [-0.15, -0.1) is 23.1 Å². The molecule has 28 heavy (non-hydrogen) atoms. The average molecular weight is 418 g/mol. The SMILES string of the molecule is CCOC(=O)c1c(NC(=O)c2ccc(SC(C)C)cc2)sc2c1CCC(C)C2. The van der Waals surface area contributed by atoms with E-state index in [1.807, 2.05) is 24.3 Å². The van der Waals surface area contributed by atoms with Crippen molar-refractivity contribution in [2.75, 3.05) is 11.9 Å². The maximum Gasteiger partial charge on any atom is 0.341 e. The molecule has 0 saturated carbocycles. The Labute approximate surface area is 175 Å². The third-order valence-electron chi connectivity index (χ3n) is 4.71. The first-order chi connectivity index (χ1) is 13.4. The second-order valence-electron chi connectivity index (χ2n) is 7.42. The predicted octanol–water partition coefficient (Wildman–Crippen LogP) is 5.80. The van der Waals surface area contributed by atoms with Gasteiger partial charge in [-0.2, -0.15) is 0 Å². The van der Waals surface area contributed by atoms with Gasteiger partial charge in [0.2, 0.25) is 0 Å². The van der Waals surface area contributed by atoms with Crippen molar-refractivity contribution in [3.8, 4) is 0 Å². The molecule has 0 bridgehead atoms. The van der Waals surface area contributed by atoms with Crippen LogP contribution in [0.5, 0.6) is 0 Å². The fourth-order valence-electron chi connectivity index (χ4n) is 3.39. The zero-order chi connectivity index (χ0) is 20.3. The second kappa shape index (κ2) is 9.14. The molecule has 1 aromatic carbocycles. The van der Waals surface area contributed by atoms with E-state index >= 15 is 0 Å². The summed E-state index contributed by atoms with van der Waals surface area (Å²) < 4.78 is 5.27. The molecule has 1 atom stereocenters. The standard InChI is InChI=1S/C22H27NO3S2/c1-5-26-22(25)19-17-11-6-14(4)12-18(17)28-21(19)23-20(24)15-7-9-16(10-8-15)27-13(2)3/h7-10,13-14H,5-6,11-12H2,1-4H3,(H,23,24). The Hall–Kier alpha value is -1.79. The predicted molar refractivity (Wildman–Crippen MR) is 117 cm³/mol. The number of ether oxygens (including phenoxy) is 1. The summed E-state index contributed by atoms with van der Waals surface area (Å²) in [6.45, 7) is 8.63. The topological polar surface area (TPSA) is 55.4 Å². The van der Waals surface area contributed by atoms with E-state index in [0.29, 0.717) is 33.9 Å². The summed E-state index contributed by atoms with van der Waals surface area (Å²) in [5.41, 5.74) is 2.19. The lowest BCUT2D eigenvalue weighted by molar-refractivity contribution is 0.0526. The first-order valence-electron chi connectivity index (χ1n) is 9.78. The number of thioether (sulfide) groups is 1. The third-order valence-corrected chi connectivity index (χ3v) is 6.89. The van der Waals surface area contributed by atoms with E-state index < -0.39 is 0 Å². The minimum Gasteiger partial charge on any atom is -0.462 e. The molecular formula is C22H27NO3S2. The minimum atomic E-state index is -0.339. The number of thiophene rings is 1. The molecule has 2 aromatic rings. The highest BCUT2D eigenvalue weighted by Crippen LogP contribution is 2.40. The van der Waals surface area contributed by atoms with E-state index in [0.717, 1.165) is 29.7 Å². The summed E-state index contributed by atoms with van der Waals surface area (Å²) in [7, 11) is 0. The average Bonchev–Trinajstić information content (AvgIpc) is 2.98. The van der Waals surface area contributed by atoms with Crippen molar-refractivity contribution in [2.24, 2.45) is 5.92 Å². The van der Waals surface area contributed by atoms with Gasteiger partial charge in [0, 0.05) is 20.6 Å². The van der Waals surface area contributed by atoms with Crippen molar-refractivity contribution in [1.82, 2.24) is 0 Å². The number of hydrogen-bond donors (Lipinski definition) is 1. The second-order valence-corrected chi connectivity index (χ2v) is 10.2. The van der Waals surface area contributed by atoms with Gasteiger partial charge in [-0.25, -0.2) is 4.79 Å². The van der Waals surface area contributed by atoms with E-state index in [4.69, 9.17) is 4.74 Å². The first-order valence-corrected chi connectivity index (χ1v) is 11.5. The fraction of sp³-hybridized carbons (Fsp3) is 0.455. The molecule has 1 aliphatic rings. The van der Waals surface area contributed by atoms with Crippen LogP contribution in [0.3, 0.4) is 0 Å². The van der Waals surface area contributed by atoms with E-state index in [2.05, 4.69) is 26.1 Å². The molecule has 150 valence electrons. The zero-order valence-electron chi connectivity index (χ0n) is 16.8. The van der Waals surface area contributed by atoms with Crippen molar-refractivity contribution in [2.45, 2.75) is 57.1 Å². The van der Waals surface area contributed by atoms with Crippen molar-refractivity contribution < 1.29 is 14.3 Å². The normalized spacial score (nSPS) is 16.0. The van der Waals surface area contributed by atoms with Crippen LogP contribution in [0.1, 0.15) is 65.3 Å². The number of esters is 1. The van der Waals surface area contributed by atoms with Crippen LogP contribution in [-0.4, -0.2) is 23.7 Å². The summed E-state index contributed by atoms with van der Waals surface area (Å²) in [5.74, 6) is 0.0579. The molecule has 1 aliphatic carbocycles. The number of carbonyl (C=O) groups excluding carboxylic acids is 2. The van der Waals surface area contributed by atoms with Gasteiger partial charge in [0.1, 0.15) is 5.00 Å². The fourth-order valence-corrected chi connectivity index (χ4v) is 5.62. The quantitative estimate of drug-likeness (QED) is 0.476. The Kier molecular flexibility index (Phi) is 6.83. The van der Waals surface area contributed by atoms with E-state index in [9.17, 15) is 9.59 Å². The number of hydrogen-bond acceptors (Lipinski definition) is 5. The number of amides is 1. The van der Waals surface area contributed by atoms with Gasteiger partial charge in [0.05, 0.1) is 12.2 Å². The summed E-state index contributed by atoms with van der Waals surface area (Å²) in [5, 5.41) is 4.08. The Morgan fingerprint density at radius 2 is 2.00 bits per heavy atom. The molecule has 4 nitrogen and oxygen atoms in total. The van der Waals surface area contributed by atoms with Gasteiger partial charge in [-0.3, -0.25) is 4.79 Å². The molecule has 1 unspecified atom stereocenters. The number of rotatable bonds is 6. The van der Waals surface area contributed by atoms with Gasteiger partial charge >= 0.3 is 5.97 Å². The first kappa shape index (κ1) is 20.9. The maximum atomic E-state index is 12.8. The van der Waals surface area contributed by atoms with Gasteiger partial charge in [-0.1, -0.05) is 20.8 Å². The highest BCUT2D eigenvalue weighted by atomic mass is 32.2. The van der Waals surface area contributed by atoms with Crippen LogP contribution in [0, 0.1) is 5.92 Å². The molecule has 0 saturated heterocycles. The largest absolute Gasteiger partial charge is 0.462 e. The Bertz CT molecular complexity index is 855. The number of anilines is 1. The van der Waals surface area contributed by atoms with Crippen molar-refractivity contribution >= 4 is 40.0 Å². The third kappa shape index (κ3) is 4.78. The molecule has 6 heteroatoms. The minimum absolute atomic E-state index is 0.196. The van der Waals surface area contributed by atoms with Gasteiger partial charge in [0.25, 0.3) is 5.91 Å². The number of fused-ring (bicyclic) bond motifs is 1. The van der Waals surface area contributed by atoms with Crippen LogP contribution in [-0.2, 0) is 17.6 Å². The van der Waals surface area contributed by atoms with Gasteiger partial charge < -0.3 is 10.1 Å².